The zero-order valence-electron chi connectivity index (χ0n) is 12.1. The molecule has 3 aromatic rings. The molecule has 2 heterocycles. The highest BCUT2D eigenvalue weighted by atomic mass is 16.2. The summed E-state index contributed by atoms with van der Waals surface area (Å²) in [6, 6.07) is 9.92. The fourth-order valence-corrected chi connectivity index (χ4v) is 2.52. The van der Waals surface area contributed by atoms with E-state index in [1.807, 2.05) is 30.3 Å². The first-order chi connectivity index (χ1) is 10.6. The van der Waals surface area contributed by atoms with E-state index in [0.717, 1.165) is 12.0 Å². The Hall–Kier alpha value is -2.87. The van der Waals surface area contributed by atoms with Gasteiger partial charge >= 0.3 is 11.6 Å². The molecule has 5 N–H and O–H groups in total. The highest BCUT2D eigenvalue weighted by molar-refractivity contribution is 5.67. The summed E-state index contributed by atoms with van der Waals surface area (Å²) < 4.78 is 3.08. The third kappa shape index (κ3) is 2.29. The van der Waals surface area contributed by atoms with Gasteiger partial charge in [0.2, 0.25) is 11.2 Å². The molecule has 0 spiro atoms. The number of imidazole rings is 1. The van der Waals surface area contributed by atoms with Gasteiger partial charge in [0.15, 0.2) is 0 Å². The van der Waals surface area contributed by atoms with Crippen molar-refractivity contribution < 1.29 is 4.57 Å². The fraction of sp³-hybridized carbons (Fsp3) is 0.214. The van der Waals surface area contributed by atoms with Crippen LogP contribution < -0.4 is 27.1 Å². The Balaban J connectivity index is 2.10. The van der Waals surface area contributed by atoms with Crippen LogP contribution in [0.2, 0.25) is 0 Å². The van der Waals surface area contributed by atoms with E-state index in [-0.39, 0.29) is 0 Å². The number of benzene rings is 1. The van der Waals surface area contributed by atoms with E-state index >= 15 is 0 Å². The molecule has 0 aliphatic heterocycles. The molecule has 1 aromatic carbocycles. The first-order valence-corrected chi connectivity index (χ1v) is 6.87. The second-order valence-electron chi connectivity index (χ2n) is 5.02. The van der Waals surface area contributed by atoms with Crippen molar-refractivity contribution in [3.8, 4) is 0 Å². The maximum atomic E-state index is 12.1. The SMILES string of the molecule is Cn1c(=O)[nH]c(=O)c2c1[nH]c(NN)[n+]2CCc1ccccc1. The fourth-order valence-electron chi connectivity index (χ4n) is 2.52. The maximum absolute atomic E-state index is 12.1. The van der Waals surface area contributed by atoms with Crippen LogP contribution in [0.25, 0.3) is 11.2 Å². The van der Waals surface area contributed by atoms with Gasteiger partial charge in [-0.3, -0.25) is 14.3 Å². The van der Waals surface area contributed by atoms with Crippen LogP contribution in [0.1, 0.15) is 5.56 Å². The molecule has 0 saturated carbocycles. The van der Waals surface area contributed by atoms with E-state index in [0.29, 0.717) is 23.7 Å². The van der Waals surface area contributed by atoms with Crippen LogP contribution in [0, 0.1) is 0 Å². The summed E-state index contributed by atoms with van der Waals surface area (Å²) in [6.45, 7) is 0.546. The maximum Gasteiger partial charge on any atom is 0.374 e. The first-order valence-electron chi connectivity index (χ1n) is 6.87. The van der Waals surface area contributed by atoms with Crippen molar-refractivity contribution in [1.29, 1.82) is 0 Å². The molecule has 2 aromatic heterocycles. The van der Waals surface area contributed by atoms with Gasteiger partial charge in [-0.15, -0.1) is 0 Å². The zero-order valence-corrected chi connectivity index (χ0v) is 12.1. The molecular weight excluding hydrogens is 284 g/mol. The van der Waals surface area contributed by atoms with Crippen molar-refractivity contribution in [2.45, 2.75) is 13.0 Å². The number of anilines is 1. The predicted octanol–water partition coefficient (Wildman–Crippen LogP) is -0.629. The number of aryl methyl sites for hydroxylation is 3. The molecule has 0 saturated heterocycles. The van der Waals surface area contributed by atoms with Gasteiger partial charge in [0.25, 0.3) is 5.56 Å². The molecule has 8 nitrogen and oxygen atoms in total. The largest absolute Gasteiger partial charge is 0.374 e. The van der Waals surface area contributed by atoms with Crippen LogP contribution in [0.15, 0.2) is 39.9 Å². The summed E-state index contributed by atoms with van der Waals surface area (Å²) in [5, 5.41) is 0. The molecule has 0 radical (unpaired) electrons. The van der Waals surface area contributed by atoms with Gasteiger partial charge in [-0.2, -0.15) is 5.84 Å². The summed E-state index contributed by atoms with van der Waals surface area (Å²) in [4.78, 5) is 29.1. The Bertz CT molecular complexity index is 922. The lowest BCUT2D eigenvalue weighted by molar-refractivity contribution is -0.657. The van der Waals surface area contributed by atoms with E-state index in [1.54, 1.807) is 11.6 Å². The number of nitrogen functional groups attached to an aromatic ring is 1. The standard InChI is InChI=1S/C14H16N6O2/c1-19-11-10(12(21)17-14(19)22)20(13(16-11)18-15)8-7-9-5-3-2-4-6-9/h2-6H,7-8,15H2,1H3,(H2,16,17,18,21,22)/p+1. The van der Waals surface area contributed by atoms with E-state index in [9.17, 15) is 9.59 Å². The van der Waals surface area contributed by atoms with Crippen LogP contribution in [0.5, 0.6) is 0 Å². The van der Waals surface area contributed by atoms with Crippen molar-refractivity contribution in [1.82, 2.24) is 14.5 Å². The number of nitrogens with zero attached hydrogens (tertiary/aromatic N) is 2. The molecule has 8 heteroatoms. The number of aromatic amines is 2. The predicted molar refractivity (Wildman–Crippen MR) is 82.3 cm³/mol. The van der Waals surface area contributed by atoms with Crippen LogP contribution >= 0.6 is 0 Å². The summed E-state index contributed by atoms with van der Waals surface area (Å²) >= 11 is 0. The molecule has 114 valence electrons. The lowest BCUT2D eigenvalue weighted by Crippen LogP contribution is -2.42. The third-order valence-electron chi connectivity index (χ3n) is 3.68. The summed E-state index contributed by atoms with van der Waals surface area (Å²) in [7, 11) is 1.58. The molecule has 0 aliphatic carbocycles. The monoisotopic (exact) mass is 301 g/mol. The normalized spacial score (nSPS) is 11.0. The minimum atomic E-state index is -0.475. The zero-order chi connectivity index (χ0) is 15.7. The highest BCUT2D eigenvalue weighted by Gasteiger charge is 2.22. The van der Waals surface area contributed by atoms with Crippen molar-refractivity contribution in [3.63, 3.8) is 0 Å². The molecule has 0 bridgehead atoms. The Morgan fingerprint density at radius 1 is 1.23 bits per heavy atom. The quantitative estimate of drug-likeness (QED) is 0.292. The van der Waals surface area contributed by atoms with E-state index < -0.39 is 11.2 Å². The lowest BCUT2D eigenvalue weighted by atomic mass is 10.1. The molecule has 0 fully saturated rings. The number of nitrogens with two attached hydrogens (primary N) is 1. The van der Waals surface area contributed by atoms with Crippen molar-refractivity contribution in [3.05, 3.63) is 56.7 Å². The van der Waals surface area contributed by atoms with Crippen LogP contribution in [-0.4, -0.2) is 14.5 Å². The number of hydrazine groups is 1. The Labute approximate surface area is 125 Å². The number of hydrogen-bond donors (Lipinski definition) is 4. The summed E-state index contributed by atoms with van der Waals surface area (Å²) in [6.07, 6.45) is 0.732. The summed E-state index contributed by atoms with van der Waals surface area (Å²) in [5.41, 5.74) is 3.57. The smallest absolute Gasteiger partial charge is 0.271 e. The lowest BCUT2D eigenvalue weighted by Gasteiger charge is -2.02. The molecule has 0 atom stereocenters. The van der Waals surface area contributed by atoms with Gasteiger partial charge in [-0.25, -0.2) is 19.8 Å². The Morgan fingerprint density at radius 3 is 2.64 bits per heavy atom. The average molecular weight is 301 g/mol. The van der Waals surface area contributed by atoms with Crippen LogP contribution in [0.3, 0.4) is 0 Å². The molecule has 0 aliphatic rings. The number of hydrogen-bond acceptors (Lipinski definition) is 4. The number of rotatable bonds is 4. The average Bonchev–Trinajstić information content (AvgIpc) is 2.91. The Morgan fingerprint density at radius 2 is 1.95 bits per heavy atom. The van der Waals surface area contributed by atoms with Gasteiger partial charge in [0, 0.05) is 13.5 Å². The van der Waals surface area contributed by atoms with Gasteiger partial charge < -0.3 is 0 Å². The van der Waals surface area contributed by atoms with E-state index in [1.165, 1.54) is 4.57 Å². The molecule has 3 rings (SSSR count). The highest BCUT2D eigenvalue weighted by Crippen LogP contribution is 2.07. The number of aromatic nitrogens is 4. The summed E-state index contributed by atoms with van der Waals surface area (Å²) in [5.74, 6) is 5.99. The molecular formula is C14H17N6O2+. The van der Waals surface area contributed by atoms with E-state index in [2.05, 4.69) is 15.4 Å². The topological polar surface area (TPSA) is 113 Å². The molecule has 0 unspecified atom stereocenters. The van der Waals surface area contributed by atoms with Crippen molar-refractivity contribution >= 4 is 17.1 Å². The van der Waals surface area contributed by atoms with Crippen LogP contribution in [0.4, 0.5) is 5.95 Å². The van der Waals surface area contributed by atoms with Gasteiger partial charge in [-0.1, -0.05) is 30.3 Å². The minimum Gasteiger partial charge on any atom is -0.271 e. The molecule has 0 amide bonds. The number of nitrogens with one attached hydrogen (secondary N) is 3. The van der Waals surface area contributed by atoms with Gasteiger partial charge in [0.1, 0.15) is 0 Å². The number of H-pyrrole nitrogens is 2. The van der Waals surface area contributed by atoms with Crippen molar-refractivity contribution in [2.75, 3.05) is 5.43 Å². The second kappa shape index (κ2) is 5.49. The minimum absolute atomic E-state index is 0.381. The van der Waals surface area contributed by atoms with Gasteiger partial charge in [-0.05, 0) is 5.56 Å². The molecule has 22 heavy (non-hydrogen) atoms. The first kappa shape index (κ1) is 14.1. The number of fused-ring (bicyclic) bond motifs is 1. The van der Waals surface area contributed by atoms with E-state index in [4.69, 9.17) is 5.84 Å². The van der Waals surface area contributed by atoms with Crippen LogP contribution in [-0.2, 0) is 20.0 Å². The second-order valence-corrected chi connectivity index (χ2v) is 5.02. The Kier molecular flexibility index (Phi) is 3.51. The third-order valence-corrected chi connectivity index (χ3v) is 3.68. The van der Waals surface area contributed by atoms with Crippen molar-refractivity contribution in [2.24, 2.45) is 12.9 Å². The van der Waals surface area contributed by atoms with Gasteiger partial charge in [0.05, 0.1) is 6.54 Å².